The third-order valence-corrected chi connectivity index (χ3v) is 7.80. The second kappa shape index (κ2) is 8.96. The van der Waals surface area contributed by atoms with Gasteiger partial charge in [0.05, 0.1) is 16.9 Å². The lowest BCUT2D eigenvalue weighted by Gasteiger charge is -2.41. The number of amides is 1. The van der Waals surface area contributed by atoms with Crippen LogP contribution in [0.5, 0.6) is 5.75 Å². The lowest BCUT2D eigenvalue weighted by Crippen LogP contribution is -2.55. The van der Waals surface area contributed by atoms with Crippen molar-refractivity contribution < 1.29 is 17.9 Å². The number of halogens is 2. The number of nitrogens with zero attached hydrogens (tertiary/aromatic N) is 2. The van der Waals surface area contributed by atoms with Crippen molar-refractivity contribution in [2.45, 2.75) is 68.3 Å². The number of nitrogens with one attached hydrogen (secondary N) is 1. The third kappa shape index (κ3) is 5.23. The summed E-state index contributed by atoms with van der Waals surface area (Å²) in [5.41, 5.74) is -0.195. The summed E-state index contributed by atoms with van der Waals surface area (Å²) < 4.78 is 29.3. The first-order chi connectivity index (χ1) is 15.4. The lowest BCUT2D eigenvalue weighted by atomic mass is 9.95. The fraction of sp³-hybridized carbons (Fsp3) is 0.478. The molecule has 1 unspecified atom stereocenters. The molecule has 2 fully saturated rings. The molecule has 2 aliphatic heterocycles. The molecule has 3 heterocycles. The van der Waals surface area contributed by atoms with Crippen molar-refractivity contribution in [1.29, 1.82) is 0 Å². The van der Waals surface area contributed by atoms with Crippen molar-refractivity contribution in [2.75, 3.05) is 11.2 Å². The van der Waals surface area contributed by atoms with E-state index in [2.05, 4.69) is 15.2 Å². The molecular weight excluding hydrogens is 485 g/mol. The Balaban J connectivity index is 1.41. The number of aromatic nitrogens is 1. The highest BCUT2D eigenvalue weighted by molar-refractivity contribution is 7.90. The van der Waals surface area contributed by atoms with Gasteiger partial charge in [-0.1, -0.05) is 23.2 Å². The second-order valence-corrected chi connectivity index (χ2v) is 12.1. The van der Waals surface area contributed by atoms with Gasteiger partial charge in [0.1, 0.15) is 5.75 Å². The maximum atomic E-state index is 13.0. The second-order valence-electron chi connectivity index (χ2n) is 9.25. The molecule has 1 amide bonds. The number of carbonyl (C=O) groups is 1. The number of sulfone groups is 1. The molecule has 178 valence electrons. The molecule has 2 saturated heterocycles. The molecule has 10 heteroatoms. The van der Waals surface area contributed by atoms with E-state index in [4.69, 9.17) is 27.9 Å². The van der Waals surface area contributed by atoms with Gasteiger partial charge in [-0.05, 0) is 69.9 Å². The van der Waals surface area contributed by atoms with E-state index in [0.717, 1.165) is 37.6 Å². The van der Waals surface area contributed by atoms with Crippen LogP contribution in [0.25, 0.3) is 0 Å². The third-order valence-electron chi connectivity index (χ3n) is 6.27. The van der Waals surface area contributed by atoms with Crippen molar-refractivity contribution in [3.63, 3.8) is 0 Å². The quantitative estimate of drug-likeness (QED) is 0.622. The minimum atomic E-state index is -3.33. The molecule has 3 atom stereocenters. The first-order valence-corrected chi connectivity index (χ1v) is 13.5. The summed E-state index contributed by atoms with van der Waals surface area (Å²) in [4.78, 5) is 19.5. The average molecular weight is 512 g/mol. The van der Waals surface area contributed by atoms with Gasteiger partial charge in [0.2, 0.25) is 0 Å². The van der Waals surface area contributed by atoms with E-state index in [0.29, 0.717) is 15.8 Å². The smallest absolute Gasteiger partial charge is 0.263 e. The summed E-state index contributed by atoms with van der Waals surface area (Å²) in [6, 6.07) is 8.82. The number of benzene rings is 1. The standard InChI is InChI=1S/C23H27Cl2N3O4S/c1-23(2,32-20-8-4-14(24)10-19(20)25)22(29)27-15-11-16-5-6-17(12-15)28(16)18-7-9-21(26-13-18)33(3,30)31/h4,7-10,13,15-17H,5-6,11-12H2,1-3H3,(H,27,29)/t15?,16-,17+. The highest BCUT2D eigenvalue weighted by atomic mass is 35.5. The molecule has 7 nitrogen and oxygen atoms in total. The Bertz CT molecular complexity index is 1140. The first-order valence-electron chi connectivity index (χ1n) is 10.8. The molecule has 2 aromatic rings. The van der Waals surface area contributed by atoms with Gasteiger partial charge in [-0.15, -0.1) is 0 Å². The molecule has 4 rings (SSSR count). The number of rotatable bonds is 6. The Morgan fingerprint density at radius 2 is 1.82 bits per heavy atom. The predicted molar refractivity (Wildman–Crippen MR) is 129 cm³/mol. The summed E-state index contributed by atoms with van der Waals surface area (Å²) in [5, 5.41) is 4.08. The number of pyridine rings is 1. The predicted octanol–water partition coefficient (Wildman–Crippen LogP) is 4.27. The van der Waals surface area contributed by atoms with Gasteiger partial charge in [0, 0.05) is 29.4 Å². The minimum absolute atomic E-state index is 0.0260. The summed E-state index contributed by atoms with van der Waals surface area (Å²) in [7, 11) is -3.33. The highest BCUT2D eigenvalue weighted by Gasteiger charge is 2.43. The van der Waals surface area contributed by atoms with Crippen LogP contribution in [-0.4, -0.2) is 49.3 Å². The molecule has 2 aliphatic rings. The molecule has 1 N–H and O–H groups in total. The Morgan fingerprint density at radius 1 is 1.15 bits per heavy atom. The number of hydrogen-bond acceptors (Lipinski definition) is 6. The molecule has 33 heavy (non-hydrogen) atoms. The number of hydrogen-bond donors (Lipinski definition) is 1. The van der Waals surface area contributed by atoms with Crippen LogP contribution in [0.3, 0.4) is 0 Å². The van der Waals surface area contributed by atoms with Gasteiger partial charge in [-0.25, -0.2) is 13.4 Å². The average Bonchev–Trinajstić information content (AvgIpc) is 3.00. The molecule has 1 aromatic carbocycles. The van der Waals surface area contributed by atoms with Crippen molar-refractivity contribution in [1.82, 2.24) is 10.3 Å². The van der Waals surface area contributed by atoms with E-state index in [1.165, 1.54) is 0 Å². The maximum absolute atomic E-state index is 13.0. The Morgan fingerprint density at radius 3 is 2.36 bits per heavy atom. The van der Waals surface area contributed by atoms with Crippen LogP contribution in [0, 0.1) is 0 Å². The van der Waals surface area contributed by atoms with Crippen LogP contribution >= 0.6 is 23.2 Å². The van der Waals surface area contributed by atoms with Gasteiger partial charge in [-0.3, -0.25) is 4.79 Å². The van der Waals surface area contributed by atoms with Crippen LogP contribution in [0.15, 0.2) is 41.6 Å². The van der Waals surface area contributed by atoms with E-state index in [9.17, 15) is 13.2 Å². The van der Waals surface area contributed by atoms with Gasteiger partial charge in [0.25, 0.3) is 5.91 Å². The first kappa shape index (κ1) is 24.1. The fourth-order valence-corrected chi connectivity index (χ4v) is 5.71. The lowest BCUT2D eigenvalue weighted by molar-refractivity contribution is -0.135. The zero-order valence-corrected chi connectivity index (χ0v) is 21.0. The topological polar surface area (TPSA) is 88.6 Å². The SMILES string of the molecule is CC(C)(Oc1ccc(Cl)cc1Cl)C(=O)NC1C[C@H]2CC[C@@H](C1)N2c1ccc(S(C)(=O)=O)nc1. The Kier molecular flexibility index (Phi) is 6.55. The van der Waals surface area contributed by atoms with Gasteiger partial charge < -0.3 is 15.0 Å². The maximum Gasteiger partial charge on any atom is 0.263 e. The van der Waals surface area contributed by atoms with Crippen molar-refractivity contribution in [3.05, 3.63) is 46.6 Å². The number of piperidine rings is 1. The van der Waals surface area contributed by atoms with E-state index < -0.39 is 15.4 Å². The summed E-state index contributed by atoms with van der Waals surface area (Å²) >= 11 is 12.1. The van der Waals surface area contributed by atoms with Crippen molar-refractivity contribution in [3.8, 4) is 5.75 Å². The summed E-state index contributed by atoms with van der Waals surface area (Å²) in [5.74, 6) is 0.201. The molecule has 1 aromatic heterocycles. The molecule has 0 radical (unpaired) electrons. The van der Waals surface area contributed by atoms with Crippen LogP contribution in [-0.2, 0) is 14.6 Å². The van der Waals surface area contributed by atoms with Gasteiger partial charge >= 0.3 is 0 Å². The van der Waals surface area contributed by atoms with Crippen molar-refractivity contribution in [2.24, 2.45) is 0 Å². The number of ether oxygens (including phenoxy) is 1. The number of fused-ring (bicyclic) bond motifs is 2. The largest absolute Gasteiger partial charge is 0.476 e. The van der Waals surface area contributed by atoms with E-state index in [-0.39, 0.29) is 29.1 Å². The highest BCUT2D eigenvalue weighted by Crippen LogP contribution is 2.39. The van der Waals surface area contributed by atoms with Crippen LogP contribution in [0.2, 0.25) is 10.0 Å². The molecule has 0 aliphatic carbocycles. The number of anilines is 1. The van der Waals surface area contributed by atoms with Gasteiger partial charge in [0.15, 0.2) is 20.5 Å². The Labute approximate surface area is 204 Å². The normalized spacial score (nSPS) is 22.8. The zero-order valence-electron chi connectivity index (χ0n) is 18.7. The monoisotopic (exact) mass is 511 g/mol. The molecule has 2 bridgehead atoms. The molecule has 0 spiro atoms. The van der Waals surface area contributed by atoms with E-state index >= 15 is 0 Å². The number of carbonyl (C=O) groups excluding carboxylic acids is 1. The summed E-state index contributed by atoms with van der Waals surface area (Å²) in [6.07, 6.45) is 6.42. The fourth-order valence-electron chi connectivity index (χ4n) is 4.70. The van der Waals surface area contributed by atoms with Crippen LogP contribution in [0.1, 0.15) is 39.5 Å². The van der Waals surface area contributed by atoms with Crippen molar-refractivity contribution >= 4 is 44.6 Å². The van der Waals surface area contributed by atoms with E-state index in [1.54, 1.807) is 44.3 Å². The summed E-state index contributed by atoms with van der Waals surface area (Å²) in [6.45, 7) is 3.43. The molecular formula is C23H27Cl2N3O4S. The van der Waals surface area contributed by atoms with Gasteiger partial charge in [-0.2, -0.15) is 0 Å². The van der Waals surface area contributed by atoms with Crippen LogP contribution in [0.4, 0.5) is 5.69 Å². The minimum Gasteiger partial charge on any atom is -0.476 e. The Hall–Kier alpha value is -2.03. The van der Waals surface area contributed by atoms with E-state index in [1.807, 2.05) is 6.07 Å². The zero-order chi connectivity index (χ0) is 24.0. The van der Waals surface area contributed by atoms with Crippen LogP contribution < -0.4 is 15.0 Å². The molecule has 0 saturated carbocycles.